The minimum absolute atomic E-state index is 0.191. The molecule has 0 aliphatic heterocycles. The zero-order valence-corrected chi connectivity index (χ0v) is 14.4. The molecule has 1 rings (SSSR count). The number of halogens is 1. The summed E-state index contributed by atoms with van der Waals surface area (Å²) in [6.45, 7) is 10.7. The first-order chi connectivity index (χ1) is 9.82. The predicted molar refractivity (Wildman–Crippen MR) is 88.0 cm³/mol. The van der Waals surface area contributed by atoms with Gasteiger partial charge in [0.1, 0.15) is 5.75 Å². The zero-order valence-electron chi connectivity index (χ0n) is 13.6. The number of hydrogen-bond donors (Lipinski definition) is 0. The molecule has 21 heavy (non-hydrogen) atoms. The van der Waals surface area contributed by atoms with Crippen LogP contribution >= 0.6 is 11.6 Å². The second kappa shape index (κ2) is 8.28. The van der Waals surface area contributed by atoms with Crippen LogP contribution in [0.25, 0.3) is 0 Å². The molecule has 1 amide bonds. The van der Waals surface area contributed by atoms with Crippen molar-refractivity contribution in [2.45, 2.75) is 59.5 Å². The van der Waals surface area contributed by atoms with E-state index in [1.54, 1.807) is 0 Å². The van der Waals surface area contributed by atoms with E-state index in [9.17, 15) is 4.79 Å². The Morgan fingerprint density at radius 1 is 1.24 bits per heavy atom. The lowest BCUT2D eigenvalue weighted by Gasteiger charge is -2.30. The highest BCUT2D eigenvalue weighted by molar-refractivity contribution is 6.30. The van der Waals surface area contributed by atoms with Gasteiger partial charge < -0.3 is 9.64 Å². The summed E-state index contributed by atoms with van der Waals surface area (Å²) in [5.41, 5.74) is 1.01. The van der Waals surface area contributed by atoms with Gasteiger partial charge in [-0.05, 0) is 64.8 Å². The average molecular weight is 312 g/mol. The number of nitrogens with zero attached hydrogens (tertiary/aromatic N) is 1. The van der Waals surface area contributed by atoms with Gasteiger partial charge in [0.15, 0.2) is 0 Å². The first-order valence-corrected chi connectivity index (χ1v) is 7.90. The van der Waals surface area contributed by atoms with Gasteiger partial charge in [0.25, 0.3) is 0 Å². The maximum atomic E-state index is 12.2. The summed E-state index contributed by atoms with van der Waals surface area (Å²) in [4.78, 5) is 14.1. The highest BCUT2D eigenvalue weighted by atomic mass is 35.5. The van der Waals surface area contributed by atoms with E-state index in [4.69, 9.17) is 16.3 Å². The Morgan fingerprint density at radius 2 is 1.86 bits per heavy atom. The summed E-state index contributed by atoms with van der Waals surface area (Å²) >= 11 is 5.91. The average Bonchev–Trinajstić information content (AvgIpc) is 2.35. The van der Waals surface area contributed by atoms with Crippen molar-refractivity contribution in [1.82, 2.24) is 4.90 Å². The lowest BCUT2D eigenvalue weighted by Crippen LogP contribution is -2.42. The number of amides is 1. The maximum Gasteiger partial charge on any atom is 0.223 e. The number of carbonyl (C=O) groups excluding carboxylic acids is 1. The Morgan fingerprint density at radius 3 is 2.38 bits per heavy atom. The van der Waals surface area contributed by atoms with Gasteiger partial charge in [-0.1, -0.05) is 11.6 Å². The lowest BCUT2D eigenvalue weighted by molar-refractivity contribution is -0.135. The lowest BCUT2D eigenvalue weighted by atomic mass is 10.2. The van der Waals surface area contributed by atoms with Crippen molar-refractivity contribution >= 4 is 17.5 Å². The van der Waals surface area contributed by atoms with Crippen molar-refractivity contribution in [3.63, 3.8) is 0 Å². The molecule has 0 unspecified atom stereocenters. The van der Waals surface area contributed by atoms with E-state index in [1.807, 2.05) is 57.7 Å². The summed E-state index contributed by atoms with van der Waals surface area (Å²) in [6.07, 6.45) is 1.24. The molecule has 0 atom stereocenters. The van der Waals surface area contributed by atoms with E-state index in [0.717, 1.165) is 17.7 Å². The van der Waals surface area contributed by atoms with Crippen LogP contribution in [0.4, 0.5) is 0 Å². The predicted octanol–water partition coefficient (Wildman–Crippen LogP) is 4.45. The molecule has 3 nitrogen and oxygen atoms in total. The largest absolute Gasteiger partial charge is 0.493 e. The Balaban J connectivity index is 2.41. The minimum atomic E-state index is 0.191. The fourth-order valence-electron chi connectivity index (χ4n) is 2.48. The van der Waals surface area contributed by atoms with Gasteiger partial charge in [0, 0.05) is 23.5 Å². The van der Waals surface area contributed by atoms with Crippen LogP contribution in [0.1, 0.15) is 46.1 Å². The molecule has 118 valence electrons. The van der Waals surface area contributed by atoms with Crippen LogP contribution in [0.15, 0.2) is 18.2 Å². The van der Waals surface area contributed by atoms with Gasteiger partial charge in [-0.2, -0.15) is 0 Å². The van der Waals surface area contributed by atoms with Crippen LogP contribution in [0.5, 0.6) is 5.75 Å². The van der Waals surface area contributed by atoms with E-state index < -0.39 is 0 Å². The second-order valence-electron chi connectivity index (χ2n) is 5.85. The fraction of sp³-hybridized carbons (Fsp3) is 0.588. The molecule has 1 aromatic rings. The Kier molecular flexibility index (Phi) is 7.03. The third-order valence-corrected chi connectivity index (χ3v) is 3.57. The molecule has 0 saturated heterocycles. The van der Waals surface area contributed by atoms with Gasteiger partial charge in [-0.15, -0.1) is 0 Å². The number of ether oxygens (including phenoxy) is 1. The van der Waals surface area contributed by atoms with Crippen LogP contribution < -0.4 is 4.74 Å². The monoisotopic (exact) mass is 311 g/mol. The summed E-state index contributed by atoms with van der Waals surface area (Å²) in [5, 5.41) is 0.708. The molecular formula is C17H26ClNO2. The molecule has 4 heteroatoms. The van der Waals surface area contributed by atoms with Gasteiger partial charge in [0.05, 0.1) is 6.61 Å². The van der Waals surface area contributed by atoms with Crippen molar-refractivity contribution in [1.29, 1.82) is 0 Å². The normalized spacial score (nSPS) is 11.0. The number of benzene rings is 1. The smallest absolute Gasteiger partial charge is 0.223 e. The molecule has 0 radical (unpaired) electrons. The molecule has 0 aromatic heterocycles. The van der Waals surface area contributed by atoms with Crippen LogP contribution in [-0.2, 0) is 4.79 Å². The topological polar surface area (TPSA) is 29.5 Å². The molecule has 0 fully saturated rings. The molecule has 0 saturated carbocycles. The summed E-state index contributed by atoms with van der Waals surface area (Å²) in [7, 11) is 0. The molecule has 0 bridgehead atoms. The summed E-state index contributed by atoms with van der Waals surface area (Å²) in [6, 6.07) is 6.03. The van der Waals surface area contributed by atoms with Crippen molar-refractivity contribution in [3.8, 4) is 5.75 Å². The van der Waals surface area contributed by atoms with E-state index in [1.165, 1.54) is 0 Å². The summed E-state index contributed by atoms with van der Waals surface area (Å²) in [5.74, 6) is 1.02. The van der Waals surface area contributed by atoms with Crippen molar-refractivity contribution < 1.29 is 9.53 Å². The maximum absolute atomic E-state index is 12.2. The summed E-state index contributed by atoms with van der Waals surface area (Å²) < 4.78 is 5.71. The quantitative estimate of drug-likeness (QED) is 0.696. The Bertz CT molecular complexity index is 464. The number of rotatable bonds is 7. The number of hydrogen-bond acceptors (Lipinski definition) is 2. The van der Waals surface area contributed by atoms with Crippen molar-refractivity contribution in [3.05, 3.63) is 28.8 Å². The molecule has 0 aliphatic carbocycles. The number of aryl methyl sites for hydroxylation is 1. The molecule has 0 N–H and O–H groups in total. The van der Waals surface area contributed by atoms with E-state index in [2.05, 4.69) is 0 Å². The molecule has 0 spiro atoms. The third kappa shape index (κ3) is 5.58. The highest BCUT2D eigenvalue weighted by Gasteiger charge is 2.19. The Labute approximate surface area is 133 Å². The van der Waals surface area contributed by atoms with Gasteiger partial charge in [-0.25, -0.2) is 0 Å². The van der Waals surface area contributed by atoms with E-state index in [0.29, 0.717) is 18.1 Å². The molecule has 0 heterocycles. The van der Waals surface area contributed by atoms with Gasteiger partial charge in [-0.3, -0.25) is 4.79 Å². The minimum Gasteiger partial charge on any atom is -0.493 e. The third-order valence-electron chi connectivity index (χ3n) is 3.33. The Hall–Kier alpha value is -1.22. The molecule has 0 aliphatic rings. The first-order valence-electron chi connectivity index (χ1n) is 7.53. The van der Waals surface area contributed by atoms with Crippen molar-refractivity contribution in [2.24, 2.45) is 0 Å². The van der Waals surface area contributed by atoms with E-state index in [-0.39, 0.29) is 18.0 Å². The number of carbonyl (C=O) groups is 1. The SMILES string of the molecule is Cc1cc(Cl)ccc1OCCCC(=O)N(C(C)C)C(C)C. The van der Waals surface area contributed by atoms with Crippen LogP contribution in [-0.4, -0.2) is 29.5 Å². The van der Waals surface area contributed by atoms with Crippen LogP contribution in [0, 0.1) is 6.92 Å². The van der Waals surface area contributed by atoms with Gasteiger partial charge in [0.2, 0.25) is 5.91 Å². The van der Waals surface area contributed by atoms with Crippen molar-refractivity contribution in [2.75, 3.05) is 6.61 Å². The first kappa shape index (κ1) is 17.8. The standard InChI is InChI=1S/C17H26ClNO2/c1-12(2)19(13(3)4)17(20)7-6-10-21-16-9-8-15(18)11-14(16)5/h8-9,11-13H,6-7,10H2,1-5H3. The molecule has 1 aromatic carbocycles. The van der Waals surface area contributed by atoms with Crippen LogP contribution in [0.2, 0.25) is 5.02 Å². The zero-order chi connectivity index (χ0) is 16.0. The fourth-order valence-corrected chi connectivity index (χ4v) is 2.71. The van der Waals surface area contributed by atoms with E-state index >= 15 is 0 Å². The van der Waals surface area contributed by atoms with Gasteiger partial charge >= 0.3 is 0 Å². The highest BCUT2D eigenvalue weighted by Crippen LogP contribution is 2.22. The second-order valence-corrected chi connectivity index (χ2v) is 6.29. The van der Waals surface area contributed by atoms with Crippen LogP contribution in [0.3, 0.4) is 0 Å². The molecular weight excluding hydrogens is 286 g/mol.